The summed E-state index contributed by atoms with van der Waals surface area (Å²) in [6.07, 6.45) is 5.71. The van der Waals surface area contributed by atoms with E-state index in [4.69, 9.17) is 0 Å². The number of piperazine rings is 1. The van der Waals surface area contributed by atoms with Crippen LogP contribution in [0.2, 0.25) is 0 Å². The maximum absolute atomic E-state index is 12.8. The van der Waals surface area contributed by atoms with E-state index in [2.05, 4.69) is 50.2 Å². The molecule has 2 fully saturated rings. The van der Waals surface area contributed by atoms with Crippen LogP contribution in [-0.2, 0) is 17.9 Å². The van der Waals surface area contributed by atoms with Crippen molar-refractivity contribution in [3.8, 4) is 0 Å². The van der Waals surface area contributed by atoms with E-state index in [1.807, 2.05) is 9.58 Å². The molecule has 2 aliphatic rings. The van der Waals surface area contributed by atoms with Gasteiger partial charge in [-0.25, -0.2) is 4.98 Å². The van der Waals surface area contributed by atoms with Gasteiger partial charge in [0.15, 0.2) is 0 Å². The van der Waals surface area contributed by atoms with Gasteiger partial charge in [0.05, 0.1) is 6.54 Å². The summed E-state index contributed by atoms with van der Waals surface area (Å²) in [5.41, 5.74) is 1.34. The van der Waals surface area contributed by atoms with Gasteiger partial charge >= 0.3 is 0 Å². The van der Waals surface area contributed by atoms with E-state index in [0.717, 1.165) is 58.8 Å². The summed E-state index contributed by atoms with van der Waals surface area (Å²) in [6, 6.07) is 10.6. The van der Waals surface area contributed by atoms with Crippen LogP contribution in [-0.4, -0.2) is 81.2 Å². The molecule has 2 aromatic rings. The number of carbonyl (C=O) groups is 1. The minimum absolute atomic E-state index is 0.278. The number of rotatable bonds is 6. The maximum atomic E-state index is 12.8. The Morgan fingerprint density at radius 2 is 1.86 bits per heavy atom. The summed E-state index contributed by atoms with van der Waals surface area (Å²) in [4.78, 5) is 23.6. The molecule has 3 heterocycles. The lowest BCUT2D eigenvalue weighted by molar-refractivity contribution is -0.134. The van der Waals surface area contributed by atoms with Crippen molar-refractivity contribution in [2.75, 3.05) is 45.8 Å². The first kappa shape index (κ1) is 19.1. The highest BCUT2D eigenvalue weighted by atomic mass is 16.2. The molecule has 0 saturated carbocycles. The van der Waals surface area contributed by atoms with Crippen molar-refractivity contribution in [1.29, 1.82) is 0 Å². The van der Waals surface area contributed by atoms with Crippen molar-refractivity contribution in [3.63, 3.8) is 0 Å². The molecule has 1 aromatic carbocycles. The minimum atomic E-state index is 0.278. The average molecular weight is 383 g/mol. The van der Waals surface area contributed by atoms with Crippen molar-refractivity contribution in [2.45, 2.75) is 25.9 Å². The van der Waals surface area contributed by atoms with Crippen LogP contribution < -0.4 is 0 Å². The van der Waals surface area contributed by atoms with Crippen molar-refractivity contribution in [2.24, 2.45) is 5.92 Å². The van der Waals surface area contributed by atoms with Gasteiger partial charge in [-0.1, -0.05) is 30.3 Å². The normalized spacial score (nSPS) is 21.7. The highest BCUT2D eigenvalue weighted by molar-refractivity contribution is 5.78. The van der Waals surface area contributed by atoms with Gasteiger partial charge in [0.1, 0.15) is 12.7 Å². The Kier molecular flexibility index (Phi) is 6.34. The van der Waals surface area contributed by atoms with E-state index in [0.29, 0.717) is 12.5 Å². The van der Waals surface area contributed by atoms with E-state index >= 15 is 0 Å². The SMILES string of the molecule is O=C(CN1CCCC(Cn2cncn2)C1)N1CCN(Cc2ccccc2)CC1. The molecular formula is C21H30N6O. The zero-order valence-electron chi connectivity index (χ0n) is 16.5. The number of amides is 1. The lowest BCUT2D eigenvalue weighted by Gasteiger charge is -2.37. The van der Waals surface area contributed by atoms with E-state index in [-0.39, 0.29) is 5.91 Å². The number of hydrogen-bond acceptors (Lipinski definition) is 5. The number of carbonyl (C=O) groups excluding carboxylic acids is 1. The molecule has 28 heavy (non-hydrogen) atoms. The molecule has 4 rings (SSSR count). The molecule has 2 saturated heterocycles. The number of aromatic nitrogens is 3. The van der Waals surface area contributed by atoms with Crippen LogP contribution in [0.15, 0.2) is 43.0 Å². The second-order valence-electron chi connectivity index (χ2n) is 8.00. The first-order valence-corrected chi connectivity index (χ1v) is 10.3. The largest absolute Gasteiger partial charge is 0.339 e. The Balaban J connectivity index is 1.21. The Hall–Kier alpha value is -2.25. The summed E-state index contributed by atoms with van der Waals surface area (Å²) in [5, 5.41) is 4.21. The van der Waals surface area contributed by atoms with Crippen molar-refractivity contribution in [1.82, 2.24) is 29.5 Å². The van der Waals surface area contributed by atoms with E-state index in [1.165, 1.54) is 12.0 Å². The highest BCUT2D eigenvalue weighted by Gasteiger charge is 2.26. The van der Waals surface area contributed by atoms with E-state index in [9.17, 15) is 4.79 Å². The van der Waals surface area contributed by atoms with Crippen LogP contribution >= 0.6 is 0 Å². The lowest BCUT2D eigenvalue weighted by Crippen LogP contribution is -2.51. The summed E-state index contributed by atoms with van der Waals surface area (Å²) in [7, 11) is 0. The monoisotopic (exact) mass is 382 g/mol. The quantitative estimate of drug-likeness (QED) is 0.755. The topological polar surface area (TPSA) is 57.5 Å². The third-order valence-electron chi connectivity index (χ3n) is 5.85. The summed E-state index contributed by atoms with van der Waals surface area (Å²) < 4.78 is 1.90. The van der Waals surface area contributed by atoms with Gasteiger partial charge in [-0.3, -0.25) is 19.3 Å². The molecule has 0 bridgehead atoms. The smallest absolute Gasteiger partial charge is 0.236 e. The fourth-order valence-corrected chi connectivity index (χ4v) is 4.32. The second-order valence-corrected chi connectivity index (χ2v) is 8.00. The molecule has 1 aromatic heterocycles. The maximum Gasteiger partial charge on any atom is 0.236 e. The zero-order valence-corrected chi connectivity index (χ0v) is 16.5. The molecule has 0 spiro atoms. The Morgan fingerprint density at radius 1 is 1.04 bits per heavy atom. The van der Waals surface area contributed by atoms with Gasteiger partial charge in [-0.05, 0) is 30.9 Å². The van der Waals surface area contributed by atoms with Gasteiger partial charge in [-0.15, -0.1) is 0 Å². The van der Waals surface area contributed by atoms with Crippen LogP contribution in [0.3, 0.4) is 0 Å². The summed E-state index contributed by atoms with van der Waals surface area (Å²) in [5.74, 6) is 0.826. The molecule has 1 amide bonds. The standard InChI is InChI=1S/C21H30N6O/c28-21(16-25-8-4-7-20(14-25)15-27-18-22-17-23-27)26-11-9-24(10-12-26)13-19-5-2-1-3-6-19/h1-3,5-6,17-18,20H,4,7-16H2. The Morgan fingerprint density at radius 3 is 2.61 bits per heavy atom. The molecule has 0 aliphatic carbocycles. The molecule has 2 aliphatic heterocycles. The Labute approximate surface area is 166 Å². The fourth-order valence-electron chi connectivity index (χ4n) is 4.32. The third-order valence-corrected chi connectivity index (χ3v) is 5.85. The number of likely N-dealkylation sites (tertiary alicyclic amines) is 1. The minimum Gasteiger partial charge on any atom is -0.339 e. The van der Waals surface area contributed by atoms with Crippen molar-refractivity contribution >= 4 is 5.91 Å². The Bertz CT molecular complexity index is 727. The first-order chi connectivity index (χ1) is 13.8. The van der Waals surface area contributed by atoms with Crippen LogP contribution in [0.4, 0.5) is 0 Å². The molecule has 0 radical (unpaired) electrons. The number of benzene rings is 1. The van der Waals surface area contributed by atoms with E-state index in [1.54, 1.807) is 12.7 Å². The van der Waals surface area contributed by atoms with Crippen molar-refractivity contribution in [3.05, 3.63) is 48.5 Å². The van der Waals surface area contributed by atoms with Gasteiger partial charge in [0.2, 0.25) is 5.91 Å². The van der Waals surface area contributed by atoms with Crippen molar-refractivity contribution < 1.29 is 4.79 Å². The second kappa shape index (κ2) is 9.30. The predicted molar refractivity (Wildman–Crippen MR) is 107 cm³/mol. The molecular weight excluding hydrogens is 352 g/mol. The predicted octanol–water partition coefficient (Wildman–Crippen LogP) is 1.33. The van der Waals surface area contributed by atoms with Crippen LogP contribution in [0.25, 0.3) is 0 Å². The molecule has 1 atom stereocenters. The number of nitrogens with zero attached hydrogens (tertiary/aromatic N) is 6. The highest BCUT2D eigenvalue weighted by Crippen LogP contribution is 2.18. The summed E-state index contributed by atoms with van der Waals surface area (Å²) in [6.45, 7) is 7.98. The summed E-state index contributed by atoms with van der Waals surface area (Å²) >= 11 is 0. The fraction of sp³-hybridized carbons (Fsp3) is 0.571. The molecule has 150 valence electrons. The third kappa shape index (κ3) is 5.17. The molecule has 7 heteroatoms. The van der Waals surface area contributed by atoms with Crippen LogP contribution in [0.1, 0.15) is 18.4 Å². The lowest BCUT2D eigenvalue weighted by atomic mass is 9.98. The van der Waals surface area contributed by atoms with Gasteiger partial charge < -0.3 is 4.90 Å². The molecule has 1 unspecified atom stereocenters. The van der Waals surface area contributed by atoms with Crippen LogP contribution in [0, 0.1) is 5.92 Å². The van der Waals surface area contributed by atoms with Crippen LogP contribution in [0.5, 0.6) is 0 Å². The number of hydrogen-bond donors (Lipinski definition) is 0. The van der Waals surface area contributed by atoms with E-state index < -0.39 is 0 Å². The molecule has 0 N–H and O–H groups in total. The van der Waals surface area contributed by atoms with Gasteiger partial charge in [-0.2, -0.15) is 5.10 Å². The van der Waals surface area contributed by atoms with Gasteiger partial charge in [0, 0.05) is 45.8 Å². The average Bonchev–Trinajstić information content (AvgIpc) is 3.23. The first-order valence-electron chi connectivity index (χ1n) is 10.3. The number of piperidine rings is 1. The zero-order chi connectivity index (χ0) is 19.2. The van der Waals surface area contributed by atoms with Gasteiger partial charge in [0.25, 0.3) is 0 Å². The molecule has 7 nitrogen and oxygen atoms in total.